The van der Waals surface area contributed by atoms with Crippen LogP contribution in [-0.4, -0.2) is 41.6 Å². The predicted octanol–water partition coefficient (Wildman–Crippen LogP) is 5.17. The van der Waals surface area contributed by atoms with Crippen molar-refractivity contribution in [3.8, 4) is 11.4 Å². The van der Waals surface area contributed by atoms with Crippen LogP contribution >= 0.6 is 0 Å². The van der Waals surface area contributed by atoms with Crippen molar-refractivity contribution >= 4 is 21.5 Å². The van der Waals surface area contributed by atoms with Crippen LogP contribution in [0.2, 0.25) is 0 Å². The third-order valence-corrected chi connectivity index (χ3v) is 7.35. The SMILES string of the molecule is COc1ccc(CN(C)S(=O)(=O)c2ccc(Nc3ccc(C(F)(F)F)cn3)c(-n3cc(C)cn3)c2)cc1. The molecule has 8 nitrogen and oxygen atoms in total. The summed E-state index contributed by atoms with van der Waals surface area (Å²) < 4.78 is 73.3. The van der Waals surface area contributed by atoms with Gasteiger partial charge >= 0.3 is 6.18 Å². The summed E-state index contributed by atoms with van der Waals surface area (Å²) in [5, 5.41) is 7.23. The molecular formula is C25H24F3N5O3S. The van der Waals surface area contributed by atoms with Gasteiger partial charge in [-0.3, -0.25) is 0 Å². The van der Waals surface area contributed by atoms with Gasteiger partial charge in [0.2, 0.25) is 10.0 Å². The lowest BCUT2D eigenvalue weighted by molar-refractivity contribution is -0.137. The van der Waals surface area contributed by atoms with E-state index < -0.39 is 21.8 Å². The molecule has 0 saturated heterocycles. The molecule has 0 bridgehead atoms. The average molecular weight is 532 g/mol. The van der Waals surface area contributed by atoms with Crippen molar-refractivity contribution in [2.45, 2.75) is 24.5 Å². The highest BCUT2D eigenvalue weighted by atomic mass is 32.2. The molecule has 1 N–H and O–H groups in total. The average Bonchev–Trinajstić information content (AvgIpc) is 3.30. The summed E-state index contributed by atoms with van der Waals surface area (Å²) in [5.41, 5.74) is 1.54. The van der Waals surface area contributed by atoms with E-state index in [-0.39, 0.29) is 17.3 Å². The molecule has 0 saturated carbocycles. The summed E-state index contributed by atoms with van der Waals surface area (Å²) >= 11 is 0. The minimum Gasteiger partial charge on any atom is -0.497 e. The molecule has 194 valence electrons. The van der Waals surface area contributed by atoms with Crippen molar-refractivity contribution < 1.29 is 26.3 Å². The standard InChI is InChI=1S/C25H24F3N5O3S/c1-17-13-30-33(15-17)23-12-21(37(34,35)32(2)16-18-4-7-20(36-3)8-5-18)9-10-22(23)31-24-11-6-19(14-29-24)25(26,27)28/h4-15H,16H2,1-3H3,(H,29,31). The number of anilines is 2. The Kier molecular flexibility index (Phi) is 7.23. The fourth-order valence-electron chi connectivity index (χ4n) is 3.54. The summed E-state index contributed by atoms with van der Waals surface area (Å²) in [6.07, 6.45) is -0.459. The van der Waals surface area contributed by atoms with Crippen molar-refractivity contribution in [1.29, 1.82) is 0 Å². The van der Waals surface area contributed by atoms with Gasteiger partial charge in [-0.15, -0.1) is 0 Å². The van der Waals surface area contributed by atoms with Crippen molar-refractivity contribution in [1.82, 2.24) is 19.1 Å². The van der Waals surface area contributed by atoms with Crippen molar-refractivity contribution in [3.63, 3.8) is 0 Å². The van der Waals surface area contributed by atoms with Crippen molar-refractivity contribution in [3.05, 3.63) is 89.9 Å². The molecule has 0 atom stereocenters. The maximum Gasteiger partial charge on any atom is 0.417 e. The van der Waals surface area contributed by atoms with Crippen LogP contribution in [-0.2, 0) is 22.7 Å². The number of benzene rings is 2. The zero-order valence-electron chi connectivity index (χ0n) is 20.2. The van der Waals surface area contributed by atoms with Crippen LogP contribution < -0.4 is 10.1 Å². The van der Waals surface area contributed by atoms with Crippen LogP contribution in [0.15, 0.2) is 78.1 Å². The lowest BCUT2D eigenvalue weighted by Crippen LogP contribution is -2.26. The van der Waals surface area contributed by atoms with Crippen LogP contribution in [0.4, 0.5) is 24.7 Å². The predicted molar refractivity (Wildman–Crippen MR) is 132 cm³/mol. The van der Waals surface area contributed by atoms with E-state index in [1.807, 2.05) is 6.92 Å². The Bertz CT molecular complexity index is 1490. The number of methoxy groups -OCH3 is 1. The smallest absolute Gasteiger partial charge is 0.417 e. The summed E-state index contributed by atoms with van der Waals surface area (Å²) in [6, 6.07) is 13.6. The second-order valence-corrected chi connectivity index (χ2v) is 10.4. The summed E-state index contributed by atoms with van der Waals surface area (Å²) in [7, 11) is -0.862. The Labute approximate surface area is 212 Å². The van der Waals surface area contributed by atoms with Gasteiger partial charge in [-0.2, -0.15) is 22.6 Å². The molecule has 37 heavy (non-hydrogen) atoms. The number of alkyl halides is 3. The lowest BCUT2D eigenvalue weighted by atomic mass is 10.2. The Balaban J connectivity index is 1.66. The molecule has 4 rings (SSSR count). The molecule has 0 spiro atoms. The first kappa shape index (κ1) is 26.2. The van der Waals surface area contributed by atoms with E-state index in [0.717, 1.165) is 23.4 Å². The minimum atomic E-state index is -4.50. The monoisotopic (exact) mass is 531 g/mol. The molecule has 0 radical (unpaired) electrons. The Morgan fingerprint density at radius 1 is 1.05 bits per heavy atom. The zero-order valence-corrected chi connectivity index (χ0v) is 21.0. The fourth-order valence-corrected chi connectivity index (χ4v) is 4.72. The van der Waals surface area contributed by atoms with E-state index >= 15 is 0 Å². The molecule has 2 aromatic heterocycles. The number of aromatic nitrogens is 3. The number of ether oxygens (including phenoxy) is 1. The number of rotatable bonds is 8. The van der Waals surface area contributed by atoms with Gasteiger partial charge in [-0.05, 0) is 60.5 Å². The number of nitrogens with one attached hydrogen (secondary N) is 1. The van der Waals surface area contributed by atoms with E-state index in [9.17, 15) is 21.6 Å². The molecule has 2 aromatic carbocycles. The first-order valence-corrected chi connectivity index (χ1v) is 12.5. The van der Waals surface area contributed by atoms with E-state index in [4.69, 9.17) is 4.74 Å². The molecule has 0 amide bonds. The van der Waals surface area contributed by atoms with Gasteiger partial charge in [0.15, 0.2) is 0 Å². The summed E-state index contributed by atoms with van der Waals surface area (Å²) in [4.78, 5) is 3.87. The van der Waals surface area contributed by atoms with Crippen LogP contribution in [0.3, 0.4) is 0 Å². The highest BCUT2D eigenvalue weighted by Crippen LogP contribution is 2.31. The van der Waals surface area contributed by atoms with Crippen LogP contribution in [0.25, 0.3) is 5.69 Å². The Hall–Kier alpha value is -3.90. The lowest BCUT2D eigenvalue weighted by Gasteiger charge is -2.19. The molecule has 12 heteroatoms. The maximum atomic E-state index is 13.4. The number of aryl methyl sites for hydroxylation is 1. The van der Waals surface area contributed by atoms with Crippen LogP contribution in [0.1, 0.15) is 16.7 Å². The van der Waals surface area contributed by atoms with Gasteiger partial charge in [0.1, 0.15) is 11.6 Å². The Morgan fingerprint density at radius 3 is 2.35 bits per heavy atom. The molecular weight excluding hydrogens is 507 g/mol. The minimum absolute atomic E-state index is 0.0255. The summed E-state index contributed by atoms with van der Waals surface area (Å²) in [5.74, 6) is 0.824. The Morgan fingerprint density at radius 2 is 1.78 bits per heavy atom. The first-order valence-electron chi connectivity index (χ1n) is 11.0. The molecule has 0 unspecified atom stereocenters. The number of hydrogen-bond acceptors (Lipinski definition) is 6. The highest BCUT2D eigenvalue weighted by molar-refractivity contribution is 7.89. The van der Waals surface area contributed by atoms with Crippen LogP contribution in [0.5, 0.6) is 5.75 Å². The normalized spacial score (nSPS) is 12.1. The molecule has 0 aliphatic heterocycles. The zero-order chi connectivity index (χ0) is 26.8. The molecule has 4 aromatic rings. The fraction of sp³-hybridized carbons (Fsp3) is 0.200. The van der Waals surface area contributed by atoms with Gasteiger partial charge in [-0.25, -0.2) is 18.1 Å². The van der Waals surface area contributed by atoms with Gasteiger partial charge < -0.3 is 10.1 Å². The van der Waals surface area contributed by atoms with E-state index in [2.05, 4.69) is 15.4 Å². The molecule has 0 fully saturated rings. The van der Waals surface area contributed by atoms with Gasteiger partial charge in [-0.1, -0.05) is 12.1 Å². The first-order chi connectivity index (χ1) is 17.5. The maximum absolute atomic E-state index is 13.4. The second kappa shape index (κ2) is 10.2. The van der Waals surface area contributed by atoms with Gasteiger partial charge in [0, 0.05) is 26.0 Å². The third-order valence-electron chi connectivity index (χ3n) is 5.55. The third kappa shape index (κ3) is 5.92. The number of nitrogens with zero attached hydrogens (tertiary/aromatic N) is 4. The van der Waals surface area contributed by atoms with E-state index in [0.29, 0.717) is 17.1 Å². The van der Waals surface area contributed by atoms with Crippen molar-refractivity contribution in [2.75, 3.05) is 19.5 Å². The highest BCUT2D eigenvalue weighted by Gasteiger charge is 2.30. The quantitative estimate of drug-likeness (QED) is 0.338. The van der Waals surface area contributed by atoms with Crippen LogP contribution in [0, 0.1) is 6.92 Å². The molecule has 0 aliphatic rings. The topological polar surface area (TPSA) is 89.4 Å². The van der Waals surface area contributed by atoms with Gasteiger partial charge in [0.25, 0.3) is 0 Å². The van der Waals surface area contributed by atoms with Crippen molar-refractivity contribution in [2.24, 2.45) is 0 Å². The largest absolute Gasteiger partial charge is 0.497 e. The molecule has 2 heterocycles. The number of hydrogen-bond donors (Lipinski definition) is 1. The molecule has 0 aliphatic carbocycles. The second-order valence-electron chi connectivity index (χ2n) is 8.31. The summed E-state index contributed by atoms with van der Waals surface area (Å²) in [6.45, 7) is 1.97. The van der Waals surface area contributed by atoms with E-state index in [1.54, 1.807) is 43.8 Å². The van der Waals surface area contributed by atoms with E-state index in [1.165, 1.54) is 40.3 Å². The number of pyridine rings is 1. The number of sulfonamides is 1. The number of halogens is 3. The van der Waals surface area contributed by atoms with Gasteiger partial charge in [0.05, 0.1) is 35.1 Å².